The van der Waals surface area contributed by atoms with Gasteiger partial charge in [-0.15, -0.1) is 0 Å². The topological polar surface area (TPSA) is 38.0 Å². The standard InChI is InChI=1S/C15H24N2O/c1-3-13-8-14(17(4-2)16-13)10-15(18)9-11-5-6-12(15)7-11/h8,11-12,18H,3-7,9-10H2,1-2H3. The summed E-state index contributed by atoms with van der Waals surface area (Å²) in [5.41, 5.74) is 1.93. The third-order valence-electron chi connectivity index (χ3n) is 5.01. The second-order valence-corrected chi connectivity index (χ2v) is 6.16. The van der Waals surface area contributed by atoms with Crippen LogP contribution in [-0.2, 0) is 19.4 Å². The van der Waals surface area contributed by atoms with Gasteiger partial charge in [0.1, 0.15) is 0 Å². The van der Waals surface area contributed by atoms with Crippen molar-refractivity contribution in [3.63, 3.8) is 0 Å². The molecule has 3 heteroatoms. The van der Waals surface area contributed by atoms with Crippen molar-refractivity contribution in [2.45, 2.75) is 64.5 Å². The molecule has 18 heavy (non-hydrogen) atoms. The molecular weight excluding hydrogens is 224 g/mol. The fourth-order valence-corrected chi connectivity index (χ4v) is 4.05. The van der Waals surface area contributed by atoms with Gasteiger partial charge in [0.15, 0.2) is 0 Å². The van der Waals surface area contributed by atoms with Gasteiger partial charge in [-0.05, 0) is 56.9 Å². The number of hydrogen-bond donors (Lipinski definition) is 1. The molecule has 2 saturated carbocycles. The molecule has 0 spiro atoms. The van der Waals surface area contributed by atoms with Crippen molar-refractivity contribution >= 4 is 0 Å². The lowest BCUT2D eigenvalue weighted by atomic mass is 9.81. The number of hydrogen-bond acceptors (Lipinski definition) is 2. The normalized spacial score (nSPS) is 34.4. The maximum Gasteiger partial charge on any atom is 0.0733 e. The number of aliphatic hydroxyl groups is 1. The van der Waals surface area contributed by atoms with Gasteiger partial charge < -0.3 is 5.11 Å². The molecule has 1 N–H and O–H groups in total. The molecule has 1 aromatic heterocycles. The molecule has 0 radical (unpaired) electrons. The summed E-state index contributed by atoms with van der Waals surface area (Å²) in [6.45, 7) is 5.17. The summed E-state index contributed by atoms with van der Waals surface area (Å²) >= 11 is 0. The molecule has 1 heterocycles. The first-order valence-electron chi connectivity index (χ1n) is 7.42. The Labute approximate surface area is 109 Å². The van der Waals surface area contributed by atoms with E-state index in [2.05, 4.69) is 29.7 Å². The van der Waals surface area contributed by atoms with Crippen molar-refractivity contribution in [2.75, 3.05) is 0 Å². The molecule has 3 unspecified atom stereocenters. The quantitative estimate of drug-likeness (QED) is 0.889. The Morgan fingerprint density at radius 1 is 1.44 bits per heavy atom. The zero-order valence-electron chi connectivity index (χ0n) is 11.5. The van der Waals surface area contributed by atoms with Crippen LogP contribution in [0.2, 0.25) is 0 Å². The SMILES string of the molecule is CCc1cc(CC2(O)CC3CCC2C3)n(CC)n1. The summed E-state index contributed by atoms with van der Waals surface area (Å²) in [5, 5.41) is 15.5. The smallest absolute Gasteiger partial charge is 0.0733 e. The Morgan fingerprint density at radius 3 is 2.83 bits per heavy atom. The minimum Gasteiger partial charge on any atom is -0.389 e. The van der Waals surface area contributed by atoms with Gasteiger partial charge in [-0.25, -0.2) is 0 Å². The van der Waals surface area contributed by atoms with E-state index in [0.717, 1.165) is 37.4 Å². The van der Waals surface area contributed by atoms with Crippen LogP contribution in [0.15, 0.2) is 6.07 Å². The van der Waals surface area contributed by atoms with Gasteiger partial charge in [-0.1, -0.05) is 6.92 Å². The van der Waals surface area contributed by atoms with E-state index in [1.165, 1.54) is 25.0 Å². The number of fused-ring (bicyclic) bond motifs is 2. The highest BCUT2D eigenvalue weighted by Gasteiger charge is 2.50. The Morgan fingerprint density at radius 2 is 2.28 bits per heavy atom. The second-order valence-electron chi connectivity index (χ2n) is 6.16. The van der Waals surface area contributed by atoms with Gasteiger partial charge in [0, 0.05) is 18.7 Å². The minimum atomic E-state index is -0.444. The van der Waals surface area contributed by atoms with Crippen LogP contribution >= 0.6 is 0 Å². The van der Waals surface area contributed by atoms with Crippen LogP contribution in [0.4, 0.5) is 0 Å². The Balaban J connectivity index is 1.81. The van der Waals surface area contributed by atoms with Crippen LogP contribution in [0, 0.1) is 11.8 Å². The van der Waals surface area contributed by atoms with E-state index in [0.29, 0.717) is 5.92 Å². The van der Waals surface area contributed by atoms with Crippen LogP contribution < -0.4 is 0 Å². The molecule has 2 bridgehead atoms. The number of aryl methyl sites for hydroxylation is 2. The predicted octanol–water partition coefficient (Wildman–Crippen LogP) is 2.56. The molecule has 2 aliphatic carbocycles. The van der Waals surface area contributed by atoms with Crippen LogP contribution in [0.5, 0.6) is 0 Å². The molecule has 3 atom stereocenters. The monoisotopic (exact) mass is 248 g/mol. The predicted molar refractivity (Wildman–Crippen MR) is 71.4 cm³/mol. The molecular formula is C15H24N2O. The average molecular weight is 248 g/mol. The van der Waals surface area contributed by atoms with Gasteiger partial charge in [-0.2, -0.15) is 5.10 Å². The van der Waals surface area contributed by atoms with Gasteiger partial charge in [0.25, 0.3) is 0 Å². The van der Waals surface area contributed by atoms with E-state index in [-0.39, 0.29) is 0 Å². The Kier molecular flexibility index (Phi) is 2.97. The van der Waals surface area contributed by atoms with Gasteiger partial charge in [0.2, 0.25) is 0 Å². The lowest BCUT2D eigenvalue weighted by Crippen LogP contribution is -2.38. The lowest BCUT2D eigenvalue weighted by Gasteiger charge is -2.32. The van der Waals surface area contributed by atoms with Gasteiger partial charge >= 0.3 is 0 Å². The molecule has 0 saturated heterocycles. The number of aromatic nitrogens is 2. The van der Waals surface area contributed by atoms with E-state index in [9.17, 15) is 5.11 Å². The maximum absolute atomic E-state index is 10.9. The Bertz CT molecular complexity index is 440. The first kappa shape index (κ1) is 12.2. The van der Waals surface area contributed by atoms with E-state index >= 15 is 0 Å². The molecule has 2 fully saturated rings. The van der Waals surface area contributed by atoms with E-state index in [4.69, 9.17) is 0 Å². The molecule has 1 aromatic rings. The summed E-state index contributed by atoms with van der Waals surface area (Å²) < 4.78 is 2.07. The lowest BCUT2D eigenvalue weighted by molar-refractivity contribution is -0.0141. The van der Waals surface area contributed by atoms with Crippen molar-refractivity contribution in [1.82, 2.24) is 9.78 Å². The first-order chi connectivity index (χ1) is 8.64. The van der Waals surface area contributed by atoms with Crippen molar-refractivity contribution in [3.8, 4) is 0 Å². The van der Waals surface area contributed by atoms with Crippen molar-refractivity contribution in [2.24, 2.45) is 11.8 Å². The highest BCUT2D eigenvalue weighted by molar-refractivity contribution is 5.16. The molecule has 0 aromatic carbocycles. The van der Waals surface area contributed by atoms with E-state index in [1.807, 2.05) is 0 Å². The first-order valence-corrected chi connectivity index (χ1v) is 7.42. The summed E-state index contributed by atoms with van der Waals surface area (Å²) in [6, 6.07) is 2.19. The highest BCUT2D eigenvalue weighted by atomic mass is 16.3. The summed E-state index contributed by atoms with van der Waals surface area (Å²) in [7, 11) is 0. The fourth-order valence-electron chi connectivity index (χ4n) is 4.05. The molecule has 0 aliphatic heterocycles. The second kappa shape index (κ2) is 4.37. The molecule has 100 valence electrons. The number of rotatable bonds is 4. The largest absolute Gasteiger partial charge is 0.389 e. The van der Waals surface area contributed by atoms with Crippen LogP contribution in [-0.4, -0.2) is 20.5 Å². The third-order valence-corrected chi connectivity index (χ3v) is 5.01. The van der Waals surface area contributed by atoms with Crippen LogP contribution in [0.25, 0.3) is 0 Å². The molecule has 3 rings (SSSR count). The van der Waals surface area contributed by atoms with Gasteiger partial charge in [0.05, 0.1) is 11.3 Å². The third kappa shape index (κ3) is 1.89. The van der Waals surface area contributed by atoms with Gasteiger partial charge in [-0.3, -0.25) is 4.68 Å². The van der Waals surface area contributed by atoms with E-state index < -0.39 is 5.60 Å². The van der Waals surface area contributed by atoms with Crippen molar-refractivity contribution in [1.29, 1.82) is 0 Å². The molecule has 0 amide bonds. The van der Waals surface area contributed by atoms with Crippen molar-refractivity contribution in [3.05, 3.63) is 17.5 Å². The molecule has 2 aliphatic rings. The highest BCUT2D eigenvalue weighted by Crippen LogP contribution is 2.51. The average Bonchev–Trinajstić information content (AvgIpc) is 3.02. The number of nitrogens with zero attached hydrogens (tertiary/aromatic N) is 2. The summed E-state index contributed by atoms with van der Waals surface area (Å²) in [4.78, 5) is 0. The maximum atomic E-state index is 10.9. The zero-order valence-corrected chi connectivity index (χ0v) is 11.5. The Hall–Kier alpha value is -0.830. The summed E-state index contributed by atoms with van der Waals surface area (Å²) in [5.74, 6) is 1.32. The summed E-state index contributed by atoms with van der Waals surface area (Å²) in [6.07, 6.45) is 6.59. The fraction of sp³-hybridized carbons (Fsp3) is 0.800. The van der Waals surface area contributed by atoms with Crippen molar-refractivity contribution < 1.29 is 5.11 Å². The van der Waals surface area contributed by atoms with E-state index in [1.54, 1.807) is 0 Å². The molecule has 3 nitrogen and oxygen atoms in total. The van der Waals surface area contributed by atoms with Crippen LogP contribution in [0.1, 0.15) is 50.9 Å². The zero-order chi connectivity index (χ0) is 12.8. The van der Waals surface area contributed by atoms with Crippen LogP contribution in [0.3, 0.4) is 0 Å². The minimum absolute atomic E-state index is 0.444.